The van der Waals surface area contributed by atoms with Gasteiger partial charge in [0, 0.05) is 11.7 Å². The first-order chi connectivity index (χ1) is 19.1. The maximum absolute atomic E-state index is 14.4. The summed E-state index contributed by atoms with van der Waals surface area (Å²) in [5.41, 5.74) is -0.932. The van der Waals surface area contributed by atoms with Crippen molar-refractivity contribution in [1.82, 2.24) is 10.2 Å². The second-order valence-electron chi connectivity index (χ2n) is 11.6. The van der Waals surface area contributed by atoms with E-state index in [1.54, 1.807) is 23.1 Å². The maximum atomic E-state index is 14.4. The largest absolute Gasteiger partial charge is 0.356 e. The number of nitrogens with one attached hydrogen (secondary N) is 2. The number of rotatable bonds is 6. The fourth-order valence-corrected chi connectivity index (χ4v) is 7.50. The van der Waals surface area contributed by atoms with Crippen LogP contribution in [0.25, 0.3) is 0 Å². The van der Waals surface area contributed by atoms with Crippen LogP contribution in [0.5, 0.6) is 0 Å². The number of nitrogens with zero attached hydrogens (tertiary/aromatic N) is 1. The average Bonchev–Trinajstić information content (AvgIpc) is 3.52. The van der Waals surface area contributed by atoms with Gasteiger partial charge in [-0.2, -0.15) is 0 Å². The molecule has 6 rings (SSSR count). The third kappa shape index (κ3) is 4.34. The summed E-state index contributed by atoms with van der Waals surface area (Å²) in [5.74, 6) is -2.57. The van der Waals surface area contributed by atoms with E-state index in [0.717, 1.165) is 37.7 Å². The number of amides is 3. The highest BCUT2D eigenvalue weighted by molar-refractivity contribution is 6.42. The number of fused-ring (bicyclic) bond motifs is 1. The standard InChI is InChI=1S/C31H33Cl2N3O4/c1-18(19-9-5-3-6-10-19)36-26(28(38)34-20-11-7-4-8-12-20)31-16-15-30(2,40-31)24(25(31)29(36)39)27(37)35-21-13-14-22(32)23(33)17-21/h3,5-6,9-10,13-18,20,24-26H,4,7-8,11-12H2,1-2H3,(H,34,38)(H,35,37)/t18-,24-,25+,26-,30+,31+/m1/s1. The van der Waals surface area contributed by atoms with E-state index in [9.17, 15) is 14.4 Å². The van der Waals surface area contributed by atoms with Crippen molar-refractivity contribution in [3.8, 4) is 0 Å². The maximum Gasteiger partial charge on any atom is 0.246 e. The Labute approximate surface area is 244 Å². The highest BCUT2D eigenvalue weighted by atomic mass is 35.5. The Bertz CT molecular complexity index is 1380. The van der Waals surface area contributed by atoms with E-state index >= 15 is 0 Å². The average molecular weight is 583 g/mol. The first kappa shape index (κ1) is 27.3. The molecule has 0 radical (unpaired) electrons. The predicted molar refractivity (Wildman–Crippen MR) is 154 cm³/mol. The van der Waals surface area contributed by atoms with Gasteiger partial charge in [0.2, 0.25) is 17.7 Å². The van der Waals surface area contributed by atoms with Crippen LogP contribution in [-0.2, 0) is 19.1 Å². The molecule has 40 heavy (non-hydrogen) atoms. The van der Waals surface area contributed by atoms with Crippen LogP contribution in [-0.4, -0.2) is 45.9 Å². The molecule has 2 aromatic rings. The number of carbonyl (C=O) groups excluding carboxylic acids is 3. The van der Waals surface area contributed by atoms with Crippen molar-refractivity contribution >= 4 is 46.6 Å². The fourth-order valence-electron chi connectivity index (χ4n) is 7.20. The van der Waals surface area contributed by atoms with Crippen molar-refractivity contribution in [3.63, 3.8) is 0 Å². The molecule has 9 heteroatoms. The van der Waals surface area contributed by atoms with Gasteiger partial charge >= 0.3 is 0 Å². The van der Waals surface area contributed by atoms with Gasteiger partial charge in [0.15, 0.2) is 0 Å². The number of likely N-dealkylation sites (tertiary alicyclic amines) is 1. The summed E-state index contributed by atoms with van der Waals surface area (Å²) in [4.78, 5) is 44.0. The van der Waals surface area contributed by atoms with E-state index in [4.69, 9.17) is 27.9 Å². The van der Waals surface area contributed by atoms with Gasteiger partial charge in [0.1, 0.15) is 11.6 Å². The lowest BCUT2D eigenvalue weighted by Crippen LogP contribution is -2.57. The van der Waals surface area contributed by atoms with Gasteiger partial charge in [0.05, 0.1) is 33.5 Å². The van der Waals surface area contributed by atoms with E-state index in [0.29, 0.717) is 15.7 Å². The molecule has 3 aliphatic heterocycles. The highest BCUT2D eigenvalue weighted by Crippen LogP contribution is 2.61. The number of carbonyl (C=O) groups is 3. The van der Waals surface area contributed by atoms with E-state index in [-0.39, 0.29) is 23.8 Å². The quantitative estimate of drug-likeness (QED) is 0.429. The Kier molecular flexibility index (Phi) is 6.96. The van der Waals surface area contributed by atoms with Gasteiger partial charge in [-0.15, -0.1) is 0 Å². The van der Waals surface area contributed by atoms with Gasteiger partial charge in [-0.1, -0.05) is 84.9 Å². The summed E-state index contributed by atoms with van der Waals surface area (Å²) >= 11 is 12.2. The van der Waals surface area contributed by atoms with Gasteiger partial charge in [-0.3, -0.25) is 14.4 Å². The summed E-state index contributed by atoms with van der Waals surface area (Å²) in [6.07, 6.45) is 8.82. The number of hydrogen-bond acceptors (Lipinski definition) is 4. The van der Waals surface area contributed by atoms with Gasteiger partial charge < -0.3 is 20.3 Å². The van der Waals surface area contributed by atoms with Crippen LogP contribution in [0.15, 0.2) is 60.7 Å². The third-order valence-electron chi connectivity index (χ3n) is 9.10. The second-order valence-corrected chi connectivity index (χ2v) is 12.4. The molecule has 3 amide bonds. The van der Waals surface area contributed by atoms with Crippen molar-refractivity contribution in [3.05, 3.63) is 76.3 Å². The molecular formula is C31H33Cl2N3O4. The van der Waals surface area contributed by atoms with Crippen LogP contribution in [0, 0.1) is 11.8 Å². The highest BCUT2D eigenvalue weighted by Gasteiger charge is 2.76. The number of hydrogen-bond donors (Lipinski definition) is 2. The Morgan fingerprint density at radius 3 is 2.42 bits per heavy atom. The Morgan fingerprint density at radius 1 is 1.00 bits per heavy atom. The minimum Gasteiger partial charge on any atom is -0.356 e. The Morgan fingerprint density at radius 2 is 1.73 bits per heavy atom. The zero-order chi connectivity index (χ0) is 28.2. The summed E-state index contributed by atoms with van der Waals surface area (Å²) in [6, 6.07) is 13.2. The Balaban J connectivity index is 1.38. The molecule has 2 aromatic carbocycles. The zero-order valence-corrected chi connectivity index (χ0v) is 24.0. The summed E-state index contributed by atoms with van der Waals surface area (Å²) in [7, 11) is 0. The summed E-state index contributed by atoms with van der Waals surface area (Å²) < 4.78 is 6.65. The van der Waals surface area contributed by atoms with Gasteiger partial charge in [-0.25, -0.2) is 0 Å². The predicted octanol–water partition coefficient (Wildman–Crippen LogP) is 5.68. The zero-order valence-electron chi connectivity index (χ0n) is 22.5. The first-order valence-electron chi connectivity index (χ1n) is 14.0. The van der Waals surface area contributed by atoms with Gasteiger partial charge in [-0.05, 0) is 50.5 Å². The third-order valence-corrected chi connectivity index (χ3v) is 9.84. The minimum atomic E-state index is -1.26. The molecule has 1 spiro atoms. The molecule has 2 N–H and O–H groups in total. The summed E-state index contributed by atoms with van der Waals surface area (Å²) in [5, 5.41) is 6.84. The molecule has 210 valence electrons. The monoisotopic (exact) mass is 581 g/mol. The molecule has 3 fully saturated rings. The SMILES string of the molecule is C[C@H](c1ccccc1)N1C(=O)[C@@H]2[C@H](C(=O)Nc3ccc(Cl)c(Cl)c3)[C@]3(C)C=C[C@@]2(O3)[C@H]1C(=O)NC1CCCCC1. The second kappa shape index (κ2) is 10.2. The molecule has 3 heterocycles. The van der Waals surface area contributed by atoms with E-state index in [1.165, 1.54) is 0 Å². The normalized spacial score (nSPS) is 31.8. The molecular weight excluding hydrogens is 549 g/mol. The molecule has 6 atom stereocenters. The number of halogens is 2. The van der Waals surface area contributed by atoms with E-state index < -0.39 is 35.1 Å². The van der Waals surface area contributed by atoms with Crippen molar-refractivity contribution in [1.29, 1.82) is 0 Å². The lowest BCUT2D eigenvalue weighted by molar-refractivity contribution is -0.146. The molecule has 4 aliphatic rings. The Hall–Kier alpha value is -2.87. The van der Waals surface area contributed by atoms with E-state index in [1.807, 2.05) is 56.3 Å². The lowest BCUT2D eigenvalue weighted by Gasteiger charge is -2.37. The summed E-state index contributed by atoms with van der Waals surface area (Å²) in [6.45, 7) is 3.73. The van der Waals surface area contributed by atoms with Crippen LogP contribution < -0.4 is 10.6 Å². The topological polar surface area (TPSA) is 87.7 Å². The van der Waals surface area contributed by atoms with Crippen molar-refractivity contribution in [2.75, 3.05) is 5.32 Å². The smallest absolute Gasteiger partial charge is 0.246 e. The minimum absolute atomic E-state index is 0.0626. The molecule has 1 aliphatic carbocycles. The van der Waals surface area contributed by atoms with Gasteiger partial charge in [0.25, 0.3) is 0 Å². The number of ether oxygens (including phenoxy) is 1. The molecule has 7 nitrogen and oxygen atoms in total. The van der Waals surface area contributed by atoms with E-state index in [2.05, 4.69) is 10.6 Å². The van der Waals surface area contributed by atoms with Crippen LogP contribution in [0.4, 0.5) is 5.69 Å². The first-order valence-corrected chi connectivity index (χ1v) is 14.7. The molecule has 2 bridgehead atoms. The van der Waals surface area contributed by atoms with Crippen molar-refractivity contribution in [2.45, 2.75) is 75.3 Å². The molecule has 0 aromatic heterocycles. The van der Waals surface area contributed by atoms with Crippen molar-refractivity contribution < 1.29 is 19.1 Å². The molecule has 0 unspecified atom stereocenters. The van der Waals surface area contributed by atoms with Crippen LogP contribution in [0.1, 0.15) is 57.6 Å². The van der Waals surface area contributed by atoms with Crippen LogP contribution in [0.3, 0.4) is 0 Å². The number of anilines is 1. The number of benzene rings is 2. The van der Waals surface area contributed by atoms with Crippen LogP contribution >= 0.6 is 23.2 Å². The van der Waals surface area contributed by atoms with Crippen molar-refractivity contribution in [2.24, 2.45) is 11.8 Å². The van der Waals surface area contributed by atoms with Crippen LogP contribution in [0.2, 0.25) is 10.0 Å². The lowest BCUT2D eigenvalue weighted by atomic mass is 9.70. The molecule has 2 saturated heterocycles. The fraction of sp³-hybridized carbons (Fsp3) is 0.452. The molecule has 1 saturated carbocycles.